The van der Waals surface area contributed by atoms with Crippen molar-refractivity contribution in [2.75, 3.05) is 6.54 Å². The fourth-order valence-electron chi connectivity index (χ4n) is 4.54. The highest BCUT2D eigenvalue weighted by Gasteiger charge is 2.12. The number of unbranched alkanes of at least 4 members (excludes halogenated alkanes) is 17. The number of esters is 1. The van der Waals surface area contributed by atoms with E-state index in [9.17, 15) is 14.4 Å². The quantitative estimate of drug-likeness (QED) is 0.0591. The Balaban J connectivity index is 4.12. The van der Waals surface area contributed by atoms with E-state index in [0.29, 0.717) is 12.8 Å². The Bertz CT molecular complexity index is 605. The van der Waals surface area contributed by atoms with E-state index in [0.717, 1.165) is 51.4 Å². The van der Waals surface area contributed by atoms with Crippen molar-refractivity contribution in [3.63, 3.8) is 0 Å². The highest BCUT2D eigenvalue weighted by molar-refractivity contribution is 5.80. The lowest BCUT2D eigenvalue weighted by atomic mass is 10.1. The third-order valence-electron chi connectivity index (χ3n) is 6.92. The number of carboxylic acids is 1. The minimum absolute atomic E-state index is 0.0864. The largest absolute Gasteiger partial charge is 0.480 e. The molecule has 0 aliphatic heterocycles. The summed E-state index contributed by atoms with van der Waals surface area (Å²) in [6.07, 6.45) is 29.1. The van der Waals surface area contributed by atoms with Crippen LogP contribution in [0.4, 0.5) is 0 Å². The van der Waals surface area contributed by atoms with E-state index in [2.05, 4.69) is 31.3 Å². The maximum Gasteiger partial charge on any atom is 0.322 e. The Kier molecular flexibility index (Phi) is 26.8. The minimum Gasteiger partial charge on any atom is -0.480 e. The molecule has 0 aliphatic carbocycles. The van der Waals surface area contributed by atoms with E-state index in [1.165, 1.54) is 83.5 Å². The van der Waals surface area contributed by atoms with Crippen LogP contribution in [0.25, 0.3) is 0 Å². The van der Waals surface area contributed by atoms with Gasteiger partial charge >= 0.3 is 11.9 Å². The van der Waals surface area contributed by atoms with Gasteiger partial charge in [0.1, 0.15) is 12.6 Å². The van der Waals surface area contributed by atoms with E-state index in [4.69, 9.17) is 9.84 Å². The third-order valence-corrected chi connectivity index (χ3v) is 6.92. The molecule has 6 heteroatoms. The molecule has 0 saturated heterocycles. The second-order valence-electron chi connectivity index (χ2n) is 10.7. The first kappa shape index (κ1) is 36.1. The molecular formula is C32H59NO5. The van der Waals surface area contributed by atoms with Gasteiger partial charge in [-0.05, 0) is 44.6 Å². The van der Waals surface area contributed by atoms with Crippen LogP contribution in [0.5, 0.6) is 0 Å². The summed E-state index contributed by atoms with van der Waals surface area (Å²) in [4.78, 5) is 34.6. The molecule has 2 N–H and O–H groups in total. The monoisotopic (exact) mass is 537 g/mol. The molecule has 222 valence electrons. The van der Waals surface area contributed by atoms with Crippen LogP contribution in [0.2, 0.25) is 0 Å². The Morgan fingerprint density at radius 3 is 1.76 bits per heavy atom. The molecule has 1 unspecified atom stereocenters. The average molecular weight is 538 g/mol. The first-order valence-electron chi connectivity index (χ1n) is 15.8. The van der Waals surface area contributed by atoms with E-state index in [-0.39, 0.29) is 24.5 Å². The number of rotatable bonds is 28. The van der Waals surface area contributed by atoms with E-state index in [1.54, 1.807) is 0 Å². The number of nitrogens with one attached hydrogen (secondary N) is 1. The number of aliphatic carboxylic acids is 1. The summed E-state index contributed by atoms with van der Waals surface area (Å²) < 4.78 is 5.82. The molecule has 0 aromatic heterocycles. The number of carbonyl (C=O) groups excluding carboxylic acids is 2. The van der Waals surface area contributed by atoms with Crippen LogP contribution < -0.4 is 5.32 Å². The maximum atomic E-state index is 12.5. The highest BCUT2D eigenvalue weighted by atomic mass is 16.5. The number of hydrogen-bond donors (Lipinski definition) is 2. The summed E-state index contributed by atoms with van der Waals surface area (Å²) in [5.74, 6) is -1.33. The van der Waals surface area contributed by atoms with Gasteiger partial charge in [0.25, 0.3) is 0 Å². The van der Waals surface area contributed by atoms with E-state index < -0.39 is 5.97 Å². The molecule has 0 aliphatic rings. The number of hydrogen-bond acceptors (Lipinski definition) is 4. The molecule has 0 rings (SSSR count). The van der Waals surface area contributed by atoms with Gasteiger partial charge in [0.05, 0.1) is 0 Å². The van der Waals surface area contributed by atoms with Gasteiger partial charge < -0.3 is 15.2 Å². The molecule has 1 atom stereocenters. The molecule has 0 aromatic rings. The third kappa shape index (κ3) is 27.2. The predicted molar refractivity (Wildman–Crippen MR) is 157 cm³/mol. The highest BCUT2D eigenvalue weighted by Crippen LogP contribution is 2.15. The summed E-state index contributed by atoms with van der Waals surface area (Å²) >= 11 is 0. The van der Waals surface area contributed by atoms with Gasteiger partial charge in [0.2, 0.25) is 5.91 Å². The zero-order valence-corrected chi connectivity index (χ0v) is 24.8. The molecule has 0 radical (unpaired) electrons. The standard InChI is InChI=1S/C32H59NO5/c1-3-5-7-9-11-12-13-14-15-17-23-27-32(37)38-29(24-20-16-10-8-6-4-2)25-21-18-19-22-26-30(34)33-28-31(35)36/h20,24,29H,3-19,21-23,25-28H2,1-2H3,(H,33,34)(H,35,36)/b24-20-. The van der Waals surface area contributed by atoms with Crippen LogP contribution in [0, 0.1) is 0 Å². The maximum absolute atomic E-state index is 12.5. The molecular weight excluding hydrogens is 478 g/mol. The second kappa shape index (κ2) is 28.2. The van der Waals surface area contributed by atoms with Crippen LogP contribution in [0.3, 0.4) is 0 Å². The molecule has 0 bridgehead atoms. The van der Waals surface area contributed by atoms with Crippen molar-refractivity contribution in [3.05, 3.63) is 12.2 Å². The number of allylic oxidation sites excluding steroid dienone is 1. The molecule has 6 nitrogen and oxygen atoms in total. The minimum atomic E-state index is -1.03. The van der Waals surface area contributed by atoms with Gasteiger partial charge in [0.15, 0.2) is 0 Å². The smallest absolute Gasteiger partial charge is 0.322 e. The fourth-order valence-corrected chi connectivity index (χ4v) is 4.54. The van der Waals surface area contributed by atoms with Crippen molar-refractivity contribution < 1.29 is 24.2 Å². The lowest BCUT2D eigenvalue weighted by Crippen LogP contribution is -2.28. The number of carbonyl (C=O) groups is 3. The molecule has 38 heavy (non-hydrogen) atoms. The Hall–Kier alpha value is -1.85. The number of carboxylic acid groups (broad SMARTS) is 1. The summed E-state index contributed by atoms with van der Waals surface area (Å²) in [5.41, 5.74) is 0. The van der Waals surface area contributed by atoms with Crippen molar-refractivity contribution in [1.29, 1.82) is 0 Å². The Morgan fingerprint density at radius 1 is 0.684 bits per heavy atom. The molecule has 0 saturated carbocycles. The van der Waals surface area contributed by atoms with Gasteiger partial charge in [0, 0.05) is 12.8 Å². The van der Waals surface area contributed by atoms with Crippen LogP contribution in [-0.2, 0) is 19.1 Å². The van der Waals surface area contributed by atoms with Gasteiger partial charge in [-0.1, -0.05) is 116 Å². The zero-order valence-electron chi connectivity index (χ0n) is 24.8. The topological polar surface area (TPSA) is 92.7 Å². The summed E-state index contributed by atoms with van der Waals surface area (Å²) in [5, 5.41) is 11.0. The molecule has 0 fully saturated rings. The van der Waals surface area contributed by atoms with Crippen LogP contribution in [0.1, 0.15) is 162 Å². The average Bonchev–Trinajstić information content (AvgIpc) is 2.89. The second-order valence-corrected chi connectivity index (χ2v) is 10.7. The fraction of sp³-hybridized carbons (Fsp3) is 0.844. The van der Waals surface area contributed by atoms with Gasteiger partial charge in [-0.25, -0.2) is 0 Å². The normalized spacial score (nSPS) is 12.1. The molecule has 1 amide bonds. The first-order valence-corrected chi connectivity index (χ1v) is 15.8. The SMILES string of the molecule is CCCCCC/C=C\C(CCCCCCC(=O)NCC(=O)O)OC(=O)CCCCCCCCCCCCC. The summed E-state index contributed by atoms with van der Waals surface area (Å²) in [7, 11) is 0. The first-order chi connectivity index (χ1) is 18.5. The molecule has 0 aromatic carbocycles. The molecule has 0 heterocycles. The van der Waals surface area contributed by atoms with Gasteiger partial charge in [-0.3, -0.25) is 14.4 Å². The van der Waals surface area contributed by atoms with Crippen molar-refractivity contribution >= 4 is 17.8 Å². The van der Waals surface area contributed by atoms with Crippen molar-refractivity contribution in [3.8, 4) is 0 Å². The van der Waals surface area contributed by atoms with Crippen molar-refractivity contribution in [2.45, 2.75) is 168 Å². The number of ether oxygens (including phenoxy) is 1. The number of amides is 1. The van der Waals surface area contributed by atoms with Crippen LogP contribution in [0.15, 0.2) is 12.2 Å². The lowest BCUT2D eigenvalue weighted by molar-refractivity contribution is -0.147. The van der Waals surface area contributed by atoms with Gasteiger partial charge in [-0.2, -0.15) is 0 Å². The summed E-state index contributed by atoms with van der Waals surface area (Å²) in [6.45, 7) is 4.14. The van der Waals surface area contributed by atoms with Gasteiger partial charge in [-0.15, -0.1) is 0 Å². The molecule has 0 spiro atoms. The van der Waals surface area contributed by atoms with E-state index >= 15 is 0 Å². The van der Waals surface area contributed by atoms with Crippen molar-refractivity contribution in [2.24, 2.45) is 0 Å². The van der Waals surface area contributed by atoms with Crippen LogP contribution >= 0.6 is 0 Å². The summed E-state index contributed by atoms with van der Waals surface area (Å²) in [6, 6.07) is 0. The Morgan fingerprint density at radius 2 is 1.18 bits per heavy atom. The van der Waals surface area contributed by atoms with Crippen molar-refractivity contribution in [1.82, 2.24) is 5.32 Å². The Labute approximate surface area is 233 Å². The zero-order chi connectivity index (χ0) is 28.1. The lowest BCUT2D eigenvalue weighted by Gasteiger charge is -2.15. The van der Waals surface area contributed by atoms with E-state index in [1.807, 2.05) is 0 Å². The predicted octanol–water partition coefficient (Wildman–Crippen LogP) is 8.67. The van der Waals surface area contributed by atoms with Crippen LogP contribution in [-0.4, -0.2) is 35.6 Å².